The Bertz CT molecular complexity index is 1330. The van der Waals surface area contributed by atoms with E-state index in [4.69, 9.17) is 18.9 Å². The quantitative estimate of drug-likeness (QED) is 0.280. The third-order valence-electron chi connectivity index (χ3n) is 7.77. The molecule has 0 aliphatic carbocycles. The van der Waals surface area contributed by atoms with Crippen molar-refractivity contribution in [2.24, 2.45) is 0 Å². The van der Waals surface area contributed by atoms with E-state index < -0.39 is 35.5 Å². The van der Waals surface area contributed by atoms with Crippen LogP contribution in [0.4, 0.5) is 0 Å². The van der Waals surface area contributed by atoms with E-state index in [1.54, 1.807) is 32.0 Å². The SMILES string of the molecule is C[C@H](NC(=O)CN1CCOCC1)C(=O)N[C@@H](Cc1ccc2c(c1)OCO2)C(=O)N[C@@H](Cc1ccccc1)C(=O)[C@@]1(C)CO1. The molecule has 3 aliphatic rings. The molecule has 43 heavy (non-hydrogen) atoms. The fourth-order valence-electron chi connectivity index (χ4n) is 5.08. The van der Waals surface area contributed by atoms with Crippen LogP contribution in [0.2, 0.25) is 0 Å². The molecule has 0 spiro atoms. The first-order valence-corrected chi connectivity index (χ1v) is 14.5. The molecule has 2 aromatic rings. The molecule has 0 unspecified atom stereocenters. The number of hydrogen-bond acceptors (Lipinski definition) is 9. The summed E-state index contributed by atoms with van der Waals surface area (Å²) < 4.78 is 21.6. The summed E-state index contributed by atoms with van der Waals surface area (Å²) in [7, 11) is 0. The summed E-state index contributed by atoms with van der Waals surface area (Å²) in [5.41, 5.74) is 0.637. The molecule has 0 bridgehead atoms. The number of epoxide rings is 1. The first kappa shape index (κ1) is 30.5. The zero-order valence-corrected chi connectivity index (χ0v) is 24.4. The Balaban J connectivity index is 1.29. The maximum Gasteiger partial charge on any atom is 0.243 e. The highest BCUT2D eigenvalue weighted by Gasteiger charge is 2.50. The van der Waals surface area contributed by atoms with E-state index in [-0.39, 0.29) is 44.5 Å². The molecule has 230 valence electrons. The van der Waals surface area contributed by atoms with E-state index in [0.717, 1.165) is 11.1 Å². The van der Waals surface area contributed by atoms with Crippen LogP contribution in [0.1, 0.15) is 25.0 Å². The van der Waals surface area contributed by atoms with E-state index >= 15 is 0 Å². The van der Waals surface area contributed by atoms with Gasteiger partial charge in [0.15, 0.2) is 17.3 Å². The molecular formula is C31H38N4O8. The topological polar surface area (TPSA) is 148 Å². The lowest BCUT2D eigenvalue weighted by molar-refractivity contribution is -0.134. The van der Waals surface area contributed by atoms with Crippen LogP contribution in [0.25, 0.3) is 0 Å². The largest absolute Gasteiger partial charge is 0.454 e. The van der Waals surface area contributed by atoms with Gasteiger partial charge in [-0.15, -0.1) is 0 Å². The summed E-state index contributed by atoms with van der Waals surface area (Å²) in [4.78, 5) is 55.0. The molecule has 3 N–H and O–H groups in total. The van der Waals surface area contributed by atoms with Crippen LogP contribution in [0.5, 0.6) is 11.5 Å². The molecule has 2 fully saturated rings. The van der Waals surface area contributed by atoms with Gasteiger partial charge in [-0.25, -0.2) is 0 Å². The first-order valence-electron chi connectivity index (χ1n) is 14.5. The van der Waals surface area contributed by atoms with Gasteiger partial charge in [0, 0.05) is 19.5 Å². The number of Topliss-reactive ketones (excluding diaryl/α,β-unsaturated/α-hetero) is 1. The fraction of sp³-hybridized carbons (Fsp3) is 0.484. The Morgan fingerprint density at radius 3 is 2.26 bits per heavy atom. The number of nitrogens with zero attached hydrogens (tertiary/aromatic N) is 1. The van der Waals surface area contributed by atoms with Crippen LogP contribution in [0, 0.1) is 0 Å². The average Bonchev–Trinajstić information content (AvgIpc) is 3.58. The molecule has 2 aromatic carbocycles. The van der Waals surface area contributed by atoms with Gasteiger partial charge in [0.05, 0.1) is 32.4 Å². The Labute approximate surface area is 250 Å². The van der Waals surface area contributed by atoms with Crippen molar-refractivity contribution in [1.82, 2.24) is 20.9 Å². The summed E-state index contributed by atoms with van der Waals surface area (Å²) >= 11 is 0. The van der Waals surface area contributed by atoms with Gasteiger partial charge >= 0.3 is 0 Å². The number of carbonyl (C=O) groups excluding carboxylic acids is 4. The smallest absolute Gasteiger partial charge is 0.243 e. The van der Waals surface area contributed by atoms with Crippen LogP contribution in [0.15, 0.2) is 48.5 Å². The second kappa shape index (κ2) is 13.5. The fourth-order valence-corrected chi connectivity index (χ4v) is 5.08. The van der Waals surface area contributed by atoms with E-state index in [2.05, 4.69) is 16.0 Å². The van der Waals surface area contributed by atoms with Crippen LogP contribution in [0.3, 0.4) is 0 Å². The zero-order valence-electron chi connectivity index (χ0n) is 24.4. The number of ketones is 1. The number of rotatable bonds is 13. The summed E-state index contributed by atoms with van der Waals surface area (Å²) in [5, 5.41) is 8.39. The van der Waals surface area contributed by atoms with Crippen LogP contribution in [-0.2, 0) is 41.5 Å². The van der Waals surface area contributed by atoms with Gasteiger partial charge in [-0.1, -0.05) is 36.4 Å². The van der Waals surface area contributed by atoms with Gasteiger partial charge in [0.1, 0.15) is 17.7 Å². The molecule has 12 nitrogen and oxygen atoms in total. The minimum absolute atomic E-state index is 0.102. The molecular weight excluding hydrogens is 556 g/mol. The number of fused-ring (bicyclic) bond motifs is 1. The van der Waals surface area contributed by atoms with E-state index in [1.807, 2.05) is 35.2 Å². The van der Waals surface area contributed by atoms with E-state index in [0.29, 0.717) is 37.8 Å². The number of amides is 3. The Hall–Kier alpha value is -4.00. The van der Waals surface area contributed by atoms with Gasteiger partial charge in [0.25, 0.3) is 0 Å². The standard InChI is InChI=1S/C31H38N4O8/c1-20(32-27(36)17-35-10-12-40-13-11-35)29(38)34-24(15-22-8-9-25-26(16-22)42-19-41-25)30(39)33-23(28(37)31(2)18-43-31)14-21-6-4-3-5-7-21/h3-9,16,20,23-24H,10-15,17-19H2,1-2H3,(H,32,36)(H,33,39)(H,34,38)/t20-,23-,24-,31+/m0/s1. The second-order valence-corrected chi connectivity index (χ2v) is 11.3. The molecule has 0 saturated carbocycles. The normalized spacial score (nSPS) is 21.3. The highest BCUT2D eigenvalue weighted by atomic mass is 16.7. The van der Waals surface area contributed by atoms with Gasteiger partial charge in [-0.2, -0.15) is 0 Å². The summed E-state index contributed by atoms with van der Waals surface area (Å²) in [6.45, 7) is 6.18. The van der Waals surface area contributed by atoms with Gasteiger partial charge < -0.3 is 34.9 Å². The van der Waals surface area contributed by atoms with Crippen molar-refractivity contribution in [2.45, 2.75) is 50.4 Å². The highest BCUT2D eigenvalue weighted by molar-refractivity contribution is 5.98. The number of benzene rings is 2. The molecule has 0 aromatic heterocycles. The predicted octanol–water partition coefficient (Wildman–Crippen LogP) is 0.365. The predicted molar refractivity (Wildman–Crippen MR) is 155 cm³/mol. The van der Waals surface area contributed by atoms with E-state index in [1.165, 1.54) is 0 Å². The number of hydrogen-bond donors (Lipinski definition) is 3. The molecule has 4 atom stereocenters. The lowest BCUT2D eigenvalue weighted by Crippen LogP contribution is -2.57. The van der Waals surface area contributed by atoms with Crippen molar-refractivity contribution >= 4 is 23.5 Å². The van der Waals surface area contributed by atoms with Crippen molar-refractivity contribution in [3.05, 3.63) is 59.7 Å². The Morgan fingerprint density at radius 1 is 0.860 bits per heavy atom. The average molecular weight is 595 g/mol. The maximum absolute atomic E-state index is 13.8. The monoisotopic (exact) mass is 594 g/mol. The van der Waals surface area contributed by atoms with Gasteiger partial charge in [-0.3, -0.25) is 24.1 Å². The molecule has 3 aliphatic heterocycles. The van der Waals surface area contributed by atoms with Crippen molar-refractivity contribution in [3.63, 3.8) is 0 Å². The first-order chi connectivity index (χ1) is 20.7. The lowest BCUT2D eigenvalue weighted by atomic mass is 9.94. The Kier molecular flexibility index (Phi) is 9.59. The van der Waals surface area contributed by atoms with Crippen molar-refractivity contribution in [2.75, 3.05) is 46.2 Å². The third-order valence-corrected chi connectivity index (χ3v) is 7.77. The van der Waals surface area contributed by atoms with Crippen LogP contribution >= 0.6 is 0 Å². The minimum atomic E-state index is -1.05. The summed E-state index contributed by atoms with van der Waals surface area (Å²) in [6.07, 6.45) is 0.381. The Morgan fingerprint density at radius 2 is 1.53 bits per heavy atom. The van der Waals surface area contributed by atoms with Crippen LogP contribution in [-0.4, -0.2) is 98.4 Å². The summed E-state index contributed by atoms with van der Waals surface area (Å²) in [5.74, 6) is -0.454. The molecule has 3 heterocycles. The van der Waals surface area contributed by atoms with Gasteiger partial charge in [0.2, 0.25) is 24.5 Å². The second-order valence-electron chi connectivity index (χ2n) is 11.3. The number of carbonyl (C=O) groups is 4. The van der Waals surface area contributed by atoms with Crippen molar-refractivity contribution in [1.29, 1.82) is 0 Å². The van der Waals surface area contributed by atoms with E-state index in [9.17, 15) is 19.2 Å². The number of ether oxygens (including phenoxy) is 4. The molecule has 5 rings (SSSR count). The summed E-state index contributed by atoms with van der Waals surface area (Å²) in [6, 6.07) is 11.9. The molecule has 0 radical (unpaired) electrons. The van der Waals surface area contributed by atoms with Gasteiger partial charge in [-0.05, 0) is 43.5 Å². The zero-order chi connectivity index (χ0) is 30.4. The molecule has 3 amide bonds. The highest BCUT2D eigenvalue weighted by Crippen LogP contribution is 2.33. The molecule has 12 heteroatoms. The lowest BCUT2D eigenvalue weighted by Gasteiger charge is -2.27. The van der Waals surface area contributed by atoms with Crippen molar-refractivity contribution < 1.29 is 38.1 Å². The van der Waals surface area contributed by atoms with Crippen molar-refractivity contribution in [3.8, 4) is 11.5 Å². The maximum atomic E-state index is 13.8. The van der Waals surface area contributed by atoms with Crippen LogP contribution < -0.4 is 25.4 Å². The third kappa shape index (κ3) is 8.09. The number of morpholine rings is 1. The molecule has 2 saturated heterocycles. The minimum Gasteiger partial charge on any atom is -0.454 e. The number of nitrogens with one attached hydrogen (secondary N) is 3.